The second-order valence-electron chi connectivity index (χ2n) is 5.40. The molecule has 1 aromatic rings. The molecule has 0 aliphatic carbocycles. The molecular weight excluding hydrogens is 334 g/mol. The Labute approximate surface area is 134 Å². The number of likely N-dealkylation sites (tertiary alicyclic amines) is 1. The van der Waals surface area contributed by atoms with E-state index in [0.29, 0.717) is 6.54 Å². The van der Waals surface area contributed by atoms with Gasteiger partial charge in [-0.05, 0) is 6.07 Å². The lowest BCUT2D eigenvalue weighted by atomic mass is 10.1. The summed E-state index contributed by atoms with van der Waals surface area (Å²) >= 11 is 0. The van der Waals surface area contributed by atoms with Crippen molar-refractivity contribution in [2.45, 2.75) is 18.8 Å². The number of ether oxygens (including phenoxy) is 1. The first-order chi connectivity index (χ1) is 11.2. The fraction of sp³-hybridized carbons (Fsp3) is 0.500. The van der Waals surface area contributed by atoms with E-state index in [9.17, 15) is 27.2 Å². The van der Waals surface area contributed by atoms with Gasteiger partial charge in [0.25, 0.3) is 0 Å². The van der Waals surface area contributed by atoms with Gasteiger partial charge >= 0.3 is 12.3 Å². The van der Waals surface area contributed by atoms with Gasteiger partial charge < -0.3 is 15.0 Å². The van der Waals surface area contributed by atoms with E-state index in [4.69, 9.17) is 0 Å². The summed E-state index contributed by atoms with van der Waals surface area (Å²) in [5.41, 5.74) is 0.273. The summed E-state index contributed by atoms with van der Waals surface area (Å²) in [6, 6.07) is 2.50. The van der Waals surface area contributed by atoms with Crippen LogP contribution in [0.4, 0.5) is 23.2 Å². The smallest absolute Gasteiger partial charge is 0.340 e. The molecule has 0 bridgehead atoms. The molecule has 0 aromatic carbocycles. The number of alkyl halides is 4. The second-order valence-corrected chi connectivity index (χ2v) is 5.40. The van der Waals surface area contributed by atoms with Crippen molar-refractivity contribution in [3.05, 3.63) is 18.3 Å². The van der Waals surface area contributed by atoms with Crippen molar-refractivity contribution in [2.24, 2.45) is 5.92 Å². The maximum Gasteiger partial charge on any atom is 0.340 e. The summed E-state index contributed by atoms with van der Waals surface area (Å²) in [6.07, 6.45) is -2.57. The first-order valence-electron chi connectivity index (χ1n) is 6.98. The number of nitrogens with zero attached hydrogens (tertiary/aromatic N) is 2. The molecule has 1 atom stereocenters. The topological polar surface area (TPSA) is 71.5 Å². The maximum absolute atomic E-state index is 12.7. The third-order valence-electron chi connectivity index (χ3n) is 3.45. The van der Waals surface area contributed by atoms with Crippen molar-refractivity contribution in [1.29, 1.82) is 0 Å². The molecule has 24 heavy (non-hydrogen) atoms. The molecule has 1 fully saturated rings. The lowest BCUT2D eigenvalue weighted by molar-refractivity contribution is -0.148. The van der Waals surface area contributed by atoms with E-state index in [1.807, 2.05) is 0 Å². The van der Waals surface area contributed by atoms with Gasteiger partial charge in [-0.1, -0.05) is 0 Å². The monoisotopic (exact) mass is 349 g/mol. The largest absolute Gasteiger partial charge is 0.471 e. The molecule has 6 nitrogen and oxygen atoms in total. The van der Waals surface area contributed by atoms with Crippen LogP contribution in [0.15, 0.2) is 18.3 Å². The molecule has 1 aliphatic heterocycles. The number of carbonyl (C=O) groups is 2. The zero-order chi connectivity index (χ0) is 17.9. The van der Waals surface area contributed by atoms with Crippen LogP contribution in [0, 0.1) is 5.92 Å². The summed E-state index contributed by atoms with van der Waals surface area (Å²) < 4.78 is 54.0. The van der Waals surface area contributed by atoms with Crippen molar-refractivity contribution >= 4 is 17.5 Å². The molecular formula is C14H15F4N3O3. The van der Waals surface area contributed by atoms with Gasteiger partial charge in [0.15, 0.2) is 6.61 Å². The molecule has 10 heteroatoms. The van der Waals surface area contributed by atoms with Crippen molar-refractivity contribution in [3.63, 3.8) is 0 Å². The van der Waals surface area contributed by atoms with Crippen molar-refractivity contribution in [1.82, 2.24) is 9.88 Å². The Morgan fingerprint density at radius 3 is 2.71 bits per heavy atom. The highest BCUT2D eigenvalue weighted by Gasteiger charge is 2.41. The Kier molecular flexibility index (Phi) is 5.25. The number of amides is 2. The lowest BCUT2D eigenvalue weighted by Crippen LogP contribution is -2.33. The summed E-state index contributed by atoms with van der Waals surface area (Å²) in [7, 11) is 1.60. The normalized spacial score (nSPS) is 18.2. The summed E-state index contributed by atoms with van der Waals surface area (Å²) in [6.45, 7) is -1.19. The average Bonchev–Trinajstić information content (AvgIpc) is 2.86. The summed E-state index contributed by atoms with van der Waals surface area (Å²) in [5, 5.41) is 2.54. The van der Waals surface area contributed by atoms with Gasteiger partial charge in [0, 0.05) is 26.1 Å². The highest BCUT2D eigenvalue weighted by Crippen LogP contribution is 2.24. The number of hydrogen-bond donors (Lipinski definition) is 1. The molecule has 2 heterocycles. The van der Waals surface area contributed by atoms with Crippen molar-refractivity contribution < 1.29 is 31.9 Å². The SMILES string of the molecule is CN1CC(C(=O)Nc2ccc(OCC(F)(F)C(F)F)nc2)CC1=O. The first kappa shape index (κ1) is 18.0. The van der Waals surface area contributed by atoms with Crippen LogP contribution in [-0.2, 0) is 9.59 Å². The van der Waals surface area contributed by atoms with Crippen LogP contribution in [0.1, 0.15) is 6.42 Å². The first-order valence-corrected chi connectivity index (χ1v) is 6.98. The third-order valence-corrected chi connectivity index (χ3v) is 3.45. The lowest BCUT2D eigenvalue weighted by Gasteiger charge is -2.15. The molecule has 0 spiro atoms. The van der Waals surface area contributed by atoms with Gasteiger partial charge in [0.1, 0.15) is 0 Å². The fourth-order valence-corrected chi connectivity index (χ4v) is 2.06. The van der Waals surface area contributed by atoms with Crippen molar-refractivity contribution in [3.8, 4) is 5.88 Å². The molecule has 1 unspecified atom stereocenters. The predicted octanol–water partition coefficient (Wildman–Crippen LogP) is 1.78. The van der Waals surface area contributed by atoms with Crippen LogP contribution in [-0.4, -0.2) is 54.2 Å². The van der Waals surface area contributed by atoms with Gasteiger partial charge in [-0.2, -0.15) is 8.78 Å². The van der Waals surface area contributed by atoms with E-state index in [1.54, 1.807) is 7.05 Å². The predicted molar refractivity (Wildman–Crippen MR) is 75.1 cm³/mol. The minimum atomic E-state index is -4.27. The highest BCUT2D eigenvalue weighted by atomic mass is 19.3. The van der Waals surface area contributed by atoms with Gasteiger partial charge in [0.2, 0.25) is 17.7 Å². The summed E-state index contributed by atoms with van der Waals surface area (Å²) in [4.78, 5) is 28.5. The molecule has 0 saturated carbocycles. The zero-order valence-electron chi connectivity index (χ0n) is 12.6. The molecule has 1 aromatic heterocycles. The molecule has 2 rings (SSSR count). The van der Waals surface area contributed by atoms with Gasteiger partial charge in [-0.25, -0.2) is 13.8 Å². The Bertz CT molecular complexity index is 610. The van der Waals surface area contributed by atoms with E-state index in [-0.39, 0.29) is 29.8 Å². The van der Waals surface area contributed by atoms with E-state index >= 15 is 0 Å². The zero-order valence-corrected chi connectivity index (χ0v) is 12.6. The molecule has 1 N–H and O–H groups in total. The maximum atomic E-state index is 12.7. The van der Waals surface area contributed by atoms with Gasteiger partial charge in [0.05, 0.1) is 17.8 Å². The van der Waals surface area contributed by atoms with Gasteiger partial charge in [-0.3, -0.25) is 9.59 Å². The van der Waals surface area contributed by atoms with E-state index in [1.165, 1.54) is 17.0 Å². The van der Waals surface area contributed by atoms with Crippen LogP contribution >= 0.6 is 0 Å². The van der Waals surface area contributed by atoms with E-state index < -0.39 is 24.9 Å². The molecule has 2 amide bonds. The molecule has 0 radical (unpaired) electrons. The fourth-order valence-electron chi connectivity index (χ4n) is 2.06. The Morgan fingerprint density at radius 2 is 2.21 bits per heavy atom. The Balaban J connectivity index is 1.88. The number of carbonyl (C=O) groups excluding carboxylic acids is 2. The Morgan fingerprint density at radius 1 is 1.50 bits per heavy atom. The number of hydrogen-bond acceptors (Lipinski definition) is 4. The number of aromatic nitrogens is 1. The number of nitrogens with one attached hydrogen (secondary N) is 1. The minimum Gasteiger partial charge on any atom is -0.471 e. The number of pyridine rings is 1. The van der Waals surface area contributed by atoms with Crippen LogP contribution in [0.3, 0.4) is 0 Å². The van der Waals surface area contributed by atoms with Crippen LogP contribution in [0.25, 0.3) is 0 Å². The second kappa shape index (κ2) is 7.02. The quantitative estimate of drug-likeness (QED) is 0.795. The van der Waals surface area contributed by atoms with Crippen LogP contribution in [0.5, 0.6) is 5.88 Å². The molecule has 132 valence electrons. The standard InChI is InChI=1S/C14H15F4N3O3/c1-21-6-8(4-11(21)22)12(23)20-9-2-3-10(19-5-9)24-7-14(17,18)13(15)16/h2-3,5,8,13H,4,6-7H2,1H3,(H,20,23). The number of rotatable bonds is 6. The van der Waals surface area contributed by atoms with E-state index in [0.717, 1.165) is 6.20 Å². The number of anilines is 1. The van der Waals surface area contributed by atoms with Crippen LogP contribution < -0.4 is 10.1 Å². The van der Waals surface area contributed by atoms with Crippen LogP contribution in [0.2, 0.25) is 0 Å². The molecule has 1 saturated heterocycles. The highest BCUT2D eigenvalue weighted by molar-refractivity contribution is 5.97. The van der Waals surface area contributed by atoms with Gasteiger partial charge in [-0.15, -0.1) is 0 Å². The number of halogens is 4. The average molecular weight is 349 g/mol. The minimum absolute atomic E-state index is 0.111. The third kappa shape index (κ3) is 4.33. The molecule has 1 aliphatic rings. The van der Waals surface area contributed by atoms with E-state index in [2.05, 4.69) is 15.0 Å². The summed E-state index contributed by atoms with van der Waals surface area (Å²) in [5.74, 6) is -5.52. The van der Waals surface area contributed by atoms with Crippen molar-refractivity contribution in [2.75, 3.05) is 25.5 Å². The Hall–Kier alpha value is -2.39.